The minimum absolute atomic E-state index is 0.391. The van der Waals surface area contributed by atoms with Crippen molar-refractivity contribution in [3.63, 3.8) is 0 Å². The molecule has 0 aliphatic heterocycles. The molecule has 2 aromatic heterocycles. The first-order valence-electron chi connectivity index (χ1n) is 6.45. The maximum absolute atomic E-state index is 6.14. The summed E-state index contributed by atoms with van der Waals surface area (Å²) >= 11 is 6.14. The van der Waals surface area contributed by atoms with Crippen LogP contribution in [0.25, 0.3) is 0 Å². The molecule has 0 aliphatic rings. The third-order valence-electron chi connectivity index (χ3n) is 3.21. The second kappa shape index (κ2) is 7.22. The van der Waals surface area contributed by atoms with Gasteiger partial charge in [0.15, 0.2) is 0 Å². The number of nitrogens with one attached hydrogen (secondary N) is 1. The van der Waals surface area contributed by atoms with Gasteiger partial charge in [-0.05, 0) is 50.1 Å². The van der Waals surface area contributed by atoms with Crippen LogP contribution in [0.15, 0.2) is 42.9 Å². The summed E-state index contributed by atoms with van der Waals surface area (Å²) in [6, 6.07) is 8.40. The fourth-order valence-electron chi connectivity index (χ4n) is 2.05. The second-order valence-corrected chi connectivity index (χ2v) is 4.92. The molecule has 0 saturated carbocycles. The first-order chi connectivity index (χ1) is 9.29. The van der Waals surface area contributed by atoms with E-state index in [9.17, 15) is 0 Å². The molecule has 0 fully saturated rings. The standard InChI is InChI=1S/C15H18ClN3/c1-17-14(6-5-13-4-2-3-8-19-13)10-12-7-9-18-11-15(12)16/h2-4,7-9,11,14,17H,5-6,10H2,1H3. The Balaban J connectivity index is 1.92. The van der Waals surface area contributed by atoms with Crippen LogP contribution in [-0.2, 0) is 12.8 Å². The lowest BCUT2D eigenvalue weighted by molar-refractivity contribution is 0.517. The molecule has 0 radical (unpaired) electrons. The van der Waals surface area contributed by atoms with Gasteiger partial charge in [0, 0.05) is 30.3 Å². The molecule has 100 valence electrons. The highest BCUT2D eigenvalue weighted by Crippen LogP contribution is 2.16. The monoisotopic (exact) mass is 275 g/mol. The quantitative estimate of drug-likeness (QED) is 0.881. The molecule has 1 atom stereocenters. The van der Waals surface area contributed by atoms with Gasteiger partial charge in [0.1, 0.15) is 0 Å². The van der Waals surface area contributed by atoms with E-state index in [1.54, 1.807) is 12.4 Å². The molecule has 0 amide bonds. The first-order valence-corrected chi connectivity index (χ1v) is 6.83. The third kappa shape index (κ3) is 4.30. The SMILES string of the molecule is CNC(CCc1ccccn1)Cc1ccncc1Cl. The number of aromatic nitrogens is 2. The Hall–Kier alpha value is -1.45. The molecule has 0 saturated heterocycles. The number of halogens is 1. The number of hydrogen-bond donors (Lipinski definition) is 1. The molecule has 19 heavy (non-hydrogen) atoms. The molecule has 1 unspecified atom stereocenters. The van der Waals surface area contributed by atoms with Gasteiger partial charge in [0.25, 0.3) is 0 Å². The number of likely N-dealkylation sites (N-methyl/N-ethyl adjacent to an activating group) is 1. The number of hydrogen-bond acceptors (Lipinski definition) is 3. The molecule has 4 heteroatoms. The van der Waals surface area contributed by atoms with E-state index in [-0.39, 0.29) is 0 Å². The van der Waals surface area contributed by atoms with Gasteiger partial charge in [-0.3, -0.25) is 9.97 Å². The van der Waals surface area contributed by atoms with Crippen molar-refractivity contribution in [1.82, 2.24) is 15.3 Å². The maximum Gasteiger partial charge on any atom is 0.0621 e. The van der Waals surface area contributed by atoms with Crippen LogP contribution in [0.4, 0.5) is 0 Å². The van der Waals surface area contributed by atoms with Crippen LogP contribution in [-0.4, -0.2) is 23.1 Å². The van der Waals surface area contributed by atoms with Crippen LogP contribution in [0.3, 0.4) is 0 Å². The lowest BCUT2D eigenvalue weighted by atomic mass is 10.0. The van der Waals surface area contributed by atoms with Crippen molar-refractivity contribution >= 4 is 11.6 Å². The zero-order valence-electron chi connectivity index (χ0n) is 11.0. The van der Waals surface area contributed by atoms with Crippen LogP contribution in [0.5, 0.6) is 0 Å². The van der Waals surface area contributed by atoms with E-state index >= 15 is 0 Å². The summed E-state index contributed by atoms with van der Waals surface area (Å²) in [6.45, 7) is 0. The average molecular weight is 276 g/mol. The fourth-order valence-corrected chi connectivity index (χ4v) is 2.25. The minimum atomic E-state index is 0.391. The number of nitrogens with zero attached hydrogens (tertiary/aromatic N) is 2. The summed E-state index contributed by atoms with van der Waals surface area (Å²) in [5, 5.41) is 4.08. The van der Waals surface area contributed by atoms with Crippen molar-refractivity contribution in [1.29, 1.82) is 0 Å². The van der Waals surface area contributed by atoms with Gasteiger partial charge in [-0.1, -0.05) is 17.7 Å². The molecule has 2 aromatic rings. The van der Waals surface area contributed by atoms with E-state index in [0.29, 0.717) is 6.04 Å². The normalized spacial score (nSPS) is 12.3. The summed E-state index contributed by atoms with van der Waals surface area (Å²) in [6.07, 6.45) is 8.23. The van der Waals surface area contributed by atoms with Gasteiger partial charge >= 0.3 is 0 Å². The second-order valence-electron chi connectivity index (χ2n) is 4.52. The predicted molar refractivity (Wildman–Crippen MR) is 78.4 cm³/mol. The van der Waals surface area contributed by atoms with Crippen LogP contribution in [0, 0.1) is 0 Å². The Morgan fingerprint density at radius 3 is 2.84 bits per heavy atom. The van der Waals surface area contributed by atoms with E-state index in [0.717, 1.165) is 35.5 Å². The molecule has 0 aromatic carbocycles. The molecular weight excluding hydrogens is 258 g/mol. The molecule has 0 aliphatic carbocycles. The van der Waals surface area contributed by atoms with E-state index in [4.69, 9.17) is 11.6 Å². The van der Waals surface area contributed by atoms with Crippen molar-refractivity contribution in [3.05, 3.63) is 59.1 Å². The number of aryl methyl sites for hydroxylation is 1. The Morgan fingerprint density at radius 1 is 1.26 bits per heavy atom. The Labute approximate surface area is 119 Å². The number of pyridine rings is 2. The number of rotatable bonds is 6. The molecule has 3 nitrogen and oxygen atoms in total. The summed E-state index contributed by atoms with van der Waals surface area (Å²) in [5.41, 5.74) is 2.26. The summed E-state index contributed by atoms with van der Waals surface area (Å²) < 4.78 is 0. The Kier molecular flexibility index (Phi) is 5.31. The fraction of sp³-hybridized carbons (Fsp3) is 0.333. The molecule has 2 rings (SSSR count). The highest BCUT2D eigenvalue weighted by atomic mass is 35.5. The molecule has 2 heterocycles. The topological polar surface area (TPSA) is 37.8 Å². The lowest BCUT2D eigenvalue weighted by Gasteiger charge is -2.16. The van der Waals surface area contributed by atoms with Gasteiger partial charge in [-0.2, -0.15) is 0 Å². The van der Waals surface area contributed by atoms with Crippen LogP contribution < -0.4 is 5.32 Å². The predicted octanol–water partition coefficient (Wildman–Crippen LogP) is 2.89. The lowest BCUT2D eigenvalue weighted by Crippen LogP contribution is -2.28. The highest BCUT2D eigenvalue weighted by Gasteiger charge is 2.10. The zero-order valence-corrected chi connectivity index (χ0v) is 11.8. The summed E-state index contributed by atoms with van der Waals surface area (Å²) in [7, 11) is 1.98. The molecule has 0 bridgehead atoms. The third-order valence-corrected chi connectivity index (χ3v) is 3.55. The smallest absolute Gasteiger partial charge is 0.0621 e. The van der Waals surface area contributed by atoms with E-state index in [1.807, 2.05) is 31.4 Å². The van der Waals surface area contributed by atoms with Gasteiger partial charge in [-0.25, -0.2) is 0 Å². The van der Waals surface area contributed by atoms with Gasteiger partial charge in [0.05, 0.1) is 5.02 Å². The van der Waals surface area contributed by atoms with Crippen LogP contribution in [0.1, 0.15) is 17.7 Å². The van der Waals surface area contributed by atoms with Crippen LogP contribution in [0.2, 0.25) is 5.02 Å². The maximum atomic E-state index is 6.14. The average Bonchev–Trinajstić information content (AvgIpc) is 2.46. The molecule has 1 N–H and O–H groups in total. The zero-order chi connectivity index (χ0) is 13.5. The van der Waals surface area contributed by atoms with Gasteiger partial charge in [-0.15, -0.1) is 0 Å². The minimum Gasteiger partial charge on any atom is -0.317 e. The highest BCUT2D eigenvalue weighted by molar-refractivity contribution is 6.31. The van der Waals surface area contributed by atoms with Crippen molar-refractivity contribution in [2.24, 2.45) is 0 Å². The van der Waals surface area contributed by atoms with E-state index in [1.165, 1.54) is 0 Å². The Morgan fingerprint density at radius 2 is 2.16 bits per heavy atom. The van der Waals surface area contributed by atoms with Crippen molar-refractivity contribution in [2.75, 3.05) is 7.05 Å². The van der Waals surface area contributed by atoms with Crippen molar-refractivity contribution in [2.45, 2.75) is 25.3 Å². The van der Waals surface area contributed by atoms with Crippen LogP contribution >= 0.6 is 11.6 Å². The molecule has 0 spiro atoms. The van der Waals surface area contributed by atoms with Crippen molar-refractivity contribution < 1.29 is 0 Å². The Bertz CT molecular complexity index is 502. The summed E-state index contributed by atoms with van der Waals surface area (Å²) in [4.78, 5) is 8.36. The van der Waals surface area contributed by atoms with Crippen molar-refractivity contribution in [3.8, 4) is 0 Å². The summed E-state index contributed by atoms with van der Waals surface area (Å²) in [5.74, 6) is 0. The largest absolute Gasteiger partial charge is 0.317 e. The van der Waals surface area contributed by atoms with E-state index in [2.05, 4.69) is 21.4 Å². The van der Waals surface area contributed by atoms with Gasteiger partial charge < -0.3 is 5.32 Å². The van der Waals surface area contributed by atoms with Gasteiger partial charge in [0.2, 0.25) is 0 Å². The van der Waals surface area contributed by atoms with E-state index < -0.39 is 0 Å². The first kappa shape index (κ1) is 14.0. The molecular formula is C15H18ClN3.